The minimum Gasteiger partial charge on any atom is -0.379 e. The first-order chi connectivity index (χ1) is 29.5. The fraction of sp³-hybridized carbons (Fsp3) is 0.386. The summed E-state index contributed by atoms with van der Waals surface area (Å²) in [5, 5.41) is 12.9. The molecular formula is C44H54N6O11. The molecule has 0 aromatic heterocycles. The molecule has 1 aliphatic heterocycles. The molecule has 0 spiro atoms. The maximum Gasteiger partial charge on any atom is 0.253 e. The molecule has 1 aliphatic rings. The Morgan fingerprint density at radius 2 is 1.15 bits per heavy atom. The molecule has 5 N–H and O–H groups in total. The van der Waals surface area contributed by atoms with E-state index in [0.29, 0.717) is 32.1 Å². The van der Waals surface area contributed by atoms with Crippen molar-refractivity contribution in [3.63, 3.8) is 0 Å². The Balaban J connectivity index is 1.03. The summed E-state index contributed by atoms with van der Waals surface area (Å²) in [6, 6.07) is 23.7. The number of anilines is 1. The Labute approximate surface area is 354 Å². The van der Waals surface area contributed by atoms with E-state index in [1.165, 1.54) is 23.3 Å². The maximum atomic E-state index is 13.2. The molecule has 3 aromatic carbocycles. The number of ether oxygens (including phenoxy) is 4. The van der Waals surface area contributed by atoms with Gasteiger partial charge in [-0.2, -0.15) is 0 Å². The van der Waals surface area contributed by atoms with Gasteiger partial charge in [0.15, 0.2) is 0 Å². The first-order valence-electron chi connectivity index (χ1n) is 20.0. The van der Waals surface area contributed by atoms with Crippen molar-refractivity contribution < 1.29 is 52.5 Å². The molecule has 3 aromatic rings. The topological polar surface area (TPSA) is 220 Å². The number of carbonyl (C=O) groups is 7. The number of hydrogen-bond acceptors (Lipinski definition) is 11. The smallest absolute Gasteiger partial charge is 0.253 e. The van der Waals surface area contributed by atoms with Crippen molar-refractivity contribution >= 4 is 47.0 Å². The number of imide groups is 1. The van der Waals surface area contributed by atoms with Crippen molar-refractivity contribution in [2.75, 3.05) is 84.4 Å². The molecule has 0 saturated heterocycles. The zero-order valence-electron chi connectivity index (χ0n) is 34.3. The van der Waals surface area contributed by atoms with Crippen LogP contribution in [0.3, 0.4) is 0 Å². The molecule has 0 fully saturated rings. The molecule has 326 valence electrons. The van der Waals surface area contributed by atoms with E-state index in [1.54, 1.807) is 36.4 Å². The molecule has 4 rings (SSSR count). The fourth-order valence-electron chi connectivity index (χ4n) is 5.81. The Morgan fingerprint density at radius 3 is 1.80 bits per heavy atom. The van der Waals surface area contributed by atoms with Crippen LogP contribution < -0.4 is 26.6 Å². The zero-order chi connectivity index (χ0) is 43.7. The molecule has 7 amide bonds. The summed E-state index contributed by atoms with van der Waals surface area (Å²) in [6.45, 7) is 3.23. The van der Waals surface area contributed by atoms with Crippen molar-refractivity contribution in [1.82, 2.24) is 26.2 Å². The van der Waals surface area contributed by atoms with Crippen LogP contribution in [0.5, 0.6) is 0 Å². The molecule has 17 nitrogen and oxygen atoms in total. The van der Waals surface area contributed by atoms with Gasteiger partial charge in [0, 0.05) is 30.7 Å². The second-order valence-corrected chi connectivity index (χ2v) is 13.9. The van der Waals surface area contributed by atoms with E-state index < -0.39 is 42.1 Å². The molecular weight excluding hydrogens is 789 g/mol. The Bertz CT molecular complexity index is 1920. The molecule has 1 atom stereocenters. The number of benzene rings is 3. The van der Waals surface area contributed by atoms with Gasteiger partial charge in [0.25, 0.3) is 11.8 Å². The molecule has 0 unspecified atom stereocenters. The number of hydrogen-bond donors (Lipinski definition) is 5. The third-order valence-electron chi connectivity index (χ3n) is 8.93. The first kappa shape index (κ1) is 47.4. The summed E-state index contributed by atoms with van der Waals surface area (Å²) in [7, 11) is 0. The van der Waals surface area contributed by atoms with Gasteiger partial charge in [-0.3, -0.25) is 38.5 Å². The van der Waals surface area contributed by atoms with E-state index in [9.17, 15) is 33.6 Å². The minimum absolute atomic E-state index is 0.00255. The quantitative estimate of drug-likeness (QED) is 0.0513. The Hall–Kier alpha value is -6.27. The van der Waals surface area contributed by atoms with Gasteiger partial charge in [0.1, 0.15) is 6.04 Å². The normalized spacial score (nSPS) is 12.5. The van der Waals surface area contributed by atoms with Crippen molar-refractivity contribution in [2.24, 2.45) is 0 Å². The van der Waals surface area contributed by atoms with Crippen molar-refractivity contribution in [2.45, 2.75) is 32.2 Å². The summed E-state index contributed by atoms with van der Waals surface area (Å²) in [5.74, 6) is -3.39. The molecule has 0 bridgehead atoms. The summed E-state index contributed by atoms with van der Waals surface area (Å²) >= 11 is 0. The van der Waals surface area contributed by atoms with Gasteiger partial charge in [-0.15, -0.1) is 0 Å². The molecule has 1 heterocycles. The highest BCUT2D eigenvalue weighted by molar-refractivity contribution is 6.12. The molecule has 0 radical (unpaired) electrons. The number of nitrogens with zero attached hydrogens (tertiary/aromatic N) is 1. The Morgan fingerprint density at radius 1 is 0.574 bits per heavy atom. The lowest BCUT2D eigenvalue weighted by Gasteiger charge is -2.19. The zero-order valence-corrected chi connectivity index (χ0v) is 34.3. The average molecular weight is 843 g/mol. The third kappa shape index (κ3) is 19.1. The van der Waals surface area contributed by atoms with Gasteiger partial charge < -0.3 is 45.5 Å². The third-order valence-corrected chi connectivity index (χ3v) is 8.93. The highest BCUT2D eigenvalue weighted by Gasteiger charge is 2.23. The van der Waals surface area contributed by atoms with E-state index in [0.717, 1.165) is 22.4 Å². The second kappa shape index (κ2) is 26.8. The number of amides is 7. The van der Waals surface area contributed by atoms with Gasteiger partial charge in [0.05, 0.1) is 79.0 Å². The van der Waals surface area contributed by atoms with Crippen molar-refractivity contribution in [1.29, 1.82) is 0 Å². The van der Waals surface area contributed by atoms with E-state index in [-0.39, 0.29) is 70.7 Å². The highest BCUT2D eigenvalue weighted by Crippen LogP contribution is 2.15. The summed E-state index contributed by atoms with van der Waals surface area (Å²) in [5.41, 5.74) is 4.81. The average Bonchev–Trinajstić information content (AvgIpc) is 3.57. The van der Waals surface area contributed by atoms with Gasteiger partial charge >= 0.3 is 0 Å². The van der Waals surface area contributed by atoms with E-state index in [1.807, 2.05) is 37.3 Å². The van der Waals surface area contributed by atoms with Crippen LogP contribution in [0, 0.1) is 6.92 Å². The molecule has 17 heteroatoms. The van der Waals surface area contributed by atoms with Gasteiger partial charge in [0.2, 0.25) is 29.5 Å². The number of carbonyl (C=O) groups excluding carboxylic acids is 7. The van der Waals surface area contributed by atoms with E-state index >= 15 is 0 Å². The number of nitrogens with one attached hydrogen (secondary N) is 5. The van der Waals surface area contributed by atoms with Crippen LogP contribution in [0.25, 0.3) is 0 Å². The Kier molecular flexibility index (Phi) is 20.8. The largest absolute Gasteiger partial charge is 0.379 e. The van der Waals surface area contributed by atoms with Crippen molar-refractivity contribution in [3.8, 4) is 0 Å². The van der Waals surface area contributed by atoms with Crippen LogP contribution in [0.15, 0.2) is 91.0 Å². The molecule has 0 saturated carbocycles. The first-order valence-corrected chi connectivity index (χ1v) is 20.0. The van der Waals surface area contributed by atoms with Crippen LogP contribution in [-0.4, -0.2) is 131 Å². The van der Waals surface area contributed by atoms with Gasteiger partial charge in [-0.1, -0.05) is 72.3 Å². The van der Waals surface area contributed by atoms with Crippen molar-refractivity contribution in [3.05, 3.63) is 113 Å². The lowest BCUT2D eigenvalue weighted by molar-refractivity contribution is -0.137. The maximum absolute atomic E-state index is 13.2. The van der Waals surface area contributed by atoms with E-state index in [4.69, 9.17) is 18.9 Å². The lowest BCUT2D eigenvalue weighted by Crippen LogP contribution is -2.52. The predicted octanol–water partition coefficient (Wildman–Crippen LogP) is 0.982. The number of rotatable bonds is 28. The van der Waals surface area contributed by atoms with Crippen LogP contribution in [0.2, 0.25) is 0 Å². The standard InChI is InChI=1S/C44H54N6O11/c1-32-6-5-9-35(26-32)27-34-10-12-36(13-11-34)48-40(53)31-47-44(57)37(28-33-7-3-2-4-8-33)49-41(54)30-46-39(52)29-45-38(51)16-18-58-20-22-60-24-25-61-23-21-59-19-17-50-42(55)14-15-43(50)56/h2-15,26,37H,16-25,27-31H2,1H3,(H,45,51)(H,46,52)(H,47,57)(H,48,53)(H,49,54)/t37-/m0/s1. The van der Waals surface area contributed by atoms with Crippen LogP contribution in [0.4, 0.5) is 5.69 Å². The SMILES string of the molecule is Cc1cccc(Cc2ccc(NC(=O)CNC(=O)[C@H](Cc3ccccc3)NC(=O)CNC(=O)CNC(=O)CCOCCOCCOCCOCCN3C(=O)C=CC3=O)cc2)c1. The fourth-order valence-corrected chi connectivity index (χ4v) is 5.81. The van der Waals surface area contributed by atoms with Crippen LogP contribution in [0.1, 0.15) is 28.7 Å². The van der Waals surface area contributed by atoms with E-state index in [2.05, 4.69) is 38.7 Å². The molecule has 0 aliphatic carbocycles. The van der Waals surface area contributed by atoms with Crippen LogP contribution >= 0.6 is 0 Å². The summed E-state index contributed by atoms with van der Waals surface area (Å²) < 4.78 is 21.5. The highest BCUT2D eigenvalue weighted by atomic mass is 16.6. The minimum atomic E-state index is -1.04. The molecule has 61 heavy (non-hydrogen) atoms. The second-order valence-electron chi connectivity index (χ2n) is 13.9. The van der Waals surface area contributed by atoms with Crippen LogP contribution in [-0.2, 0) is 65.4 Å². The predicted molar refractivity (Wildman–Crippen MR) is 224 cm³/mol. The monoisotopic (exact) mass is 842 g/mol. The van der Waals surface area contributed by atoms with Gasteiger partial charge in [-0.25, -0.2) is 0 Å². The lowest BCUT2D eigenvalue weighted by atomic mass is 10.0. The number of aryl methyl sites for hydroxylation is 1. The summed E-state index contributed by atoms with van der Waals surface area (Å²) in [6.07, 6.45) is 3.35. The summed E-state index contributed by atoms with van der Waals surface area (Å²) in [4.78, 5) is 87.2. The van der Waals surface area contributed by atoms with Gasteiger partial charge in [-0.05, 0) is 42.2 Å².